The Morgan fingerprint density at radius 3 is 2.74 bits per heavy atom. The first kappa shape index (κ1) is 14.2. The molecule has 1 fully saturated rings. The van der Waals surface area contributed by atoms with Crippen molar-refractivity contribution in [2.24, 2.45) is 5.73 Å². The van der Waals surface area contributed by atoms with E-state index in [1.54, 1.807) is 0 Å². The number of nitrogens with zero attached hydrogens (tertiary/aromatic N) is 2. The Balaban J connectivity index is 0.00000133. The molecule has 7 heteroatoms. The van der Waals surface area contributed by atoms with Gasteiger partial charge in [0, 0.05) is 5.02 Å². The van der Waals surface area contributed by atoms with Crippen LogP contribution < -0.4 is 5.73 Å². The quantitative estimate of drug-likeness (QED) is 0.924. The summed E-state index contributed by atoms with van der Waals surface area (Å²) in [6.45, 7) is 0. The van der Waals surface area contributed by atoms with Crippen LogP contribution in [0.2, 0.25) is 5.02 Å². The minimum Gasteiger partial charge on any atom is -0.334 e. The molecule has 2 N–H and O–H groups in total. The van der Waals surface area contributed by atoms with Gasteiger partial charge in [-0.2, -0.15) is 4.98 Å². The summed E-state index contributed by atoms with van der Waals surface area (Å²) in [4.78, 5) is 4.17. The first-order valence-corrected chi connectivity index (χ1v) is 6.05. The molecule has 4 nitrogen and oxygen atoms in total. The number of rotatable bonds is 2. The first-order valence-electron chi connectivity index (χ1n) is 5.67. The van der Waals surface area contributed by atoms with Gasteiger partial charge in [0.25, 0.3) is 5.89 Å². The molecule has 0 unspecified atom stereocenters. The Hall–Kier alpha value is -1.17. The lowest BCUT2D eigenvalue weighted by Gasteiger charge is -2.34. The van der Waals surface area contributed by atoms with Gasteiger partial charge in [0.2, 0.25) is 0 Å². The van der Waals surface area contributed by atoms with Crippen molar-refractivity contribution in [3.05, 3.63) is 34.9 Å². The monoisotopic (exact) mass is 303 g/mol. The normalized spacial score (nSPS) is 16.6. The molecule has 2 aromatic rings. The largest absolute Gasteiger partial charge is 0.334 e. The highest BCUT2D eigenvalue weighted by atomic mass is 35.5. The summed E-state index contributed by atoms with van der Waals surface area (Å²) in [5.41, 5.74) is 5.76. The number of aromatic nitrogens is 2. The molecule has 19 heavy (non-hydrogen) atoms. The van der Waals surface area contributed by atoms with Crippen molar-refractivity contribution in [1.29, 1.82) is 0 Å². The highest BCUT2D eigenvalue weighted by Gasteiger charge is 2.39. The minimum atomic E-state index is -0.517. The highest BCUT2D eigenvalue weighted by Crippen LogP contribution is 2.38. The maximum absolute atomic E-state index is 13.6. The zero-order valence-corrected chi connectivity index (χ0v) is 11.5. The lowest BCUT2D eigenvalue weighted by atomic mass is 9.77. The van der Waals surface area contributed by atoms with Gasteiger partial charge in [-0.1, -0.05) is 16.8 Å². The van der Waals surface area contributed by atoms with E-state index in [0.717, 1.165) is 19.3 Å². The Labute approximate surface area is 120 Å². The van der Waals surface area contributed by atoms with Crippen LogP contribution in [0.5, 0.6) is 0 Å². The number of nitrogens with two attached hydrogens (primary N) is 1. The Morgan fingerprint density at radius 2 is 2.11 bits per heavy atom. The lowest BCUT2D eigenvalue weighted by molar-refractivity contribution is 0.229. The molecule has 0 bridgehead atoms. The zero-order chi connectivity index (χ0) is 12.8. The van der Waals surface area contributed by atoms with Crippen LogP contribution in [0.25, 0.3) is 11.5 Å². The fourth-order valence-corrected chi connectivity index (χ4v) is 2.15. The Kier molecular flexibility index (Phi) is 3.80. The third-order valence-electron chi connectivity index (χ3n) is 3.28. The second kappa shape index (κ2) is 5.07. The van der Waals surface area contributed by atoms with E-state index in [1.165, 1.54) is 18.2 Å². The second-order valence-corrected chi connectivity index (χ2v) is 4.99. The molecule has 0 amide bonds. The minimum absolute atomic E-state index is 0. The SMILES string of the molecule is Cl.NC1(c2noc(-c3cc(Cl)ccc3F)n2)CCC1. The summed E-state index contributed by atoms with van der Waals surface area (Å²) in [5.74, 6) is 0.0964. The van der Waals surface area contributed by atoms with Crippen molar-refractivity contribution < 1.29 is 8.91 Å². The molecule has 1 aromatic heterocycles. The van der Waals surface area contributed by atoms with Crippen LogP contribution in [0.4, 0.5) is 4.39 Å². The molecule has 0 spiro atoms. The van der Waals surface area contributed by atoms with E-state index in [9.17, 15) is 4.39 Å². The van der Waals surface area contributed by atoms with E-state index < -0.39 is 11.4 Å². The maximum Gasteiger partial charge on any atom is 0.261 e. The third kappa shape index (κ3) is 2.45. The van der Waals surface area contributed by atoms with Gasteiger partial charge >= 0.3 is 0 Å². The van der Waals surface area contributed by atoms with E-state index in [1.807, 2.05) is 0 Å². The second-order valence-electron chi connectivity index (χ2n) is 4.56. The van der Waals surface area contributed by atoms with Crippen LogP contribution in [0, 0.1) is 5.82 Å². The Bertz CT molecular complexity index is 598. The van der Waals surface area contributed by atoms with Crippen LogP contribution in [0.15, 0.2) is 22.7 Å². The van der Waals surface area contributed by atoms with Gasteiger partial charge in [-0.15, -0.1) is 12.4 Å². The molecule has 1 aliphatic carbocycles. The molecular weight excluding hydrogens is 292 g/mol. The van der Waals surface area contributed by atoms with Gasteiger partial charge < -0.3 is 10.3 Å². The van der Waals surface area contributed by atoms with Crippen molar-refractivity contribution in [1.82, 2.24) is 10.1 Å². The summed E-state index contributed by atoms with van der Waals surface area (Å²) in [7, 11) is 0. The topological polar surface area (TPSA) is 64.9 Å². The highest BCUT2D eigenvalue weighted by molar-refractivity contribution is 6.30. The standard InChI is InChI=1S/C12H11ClFN3O.ClH/c13-7-2-3-9(14)8(6-7)10-16-11(17-18-10)12(15)4-1-5-12;/h2-3,6H,1,4-5,15H2;1H. The zero-order valence-electron chi connectivity index (χ0n) is 9.90. The smallest absolute Gasteiger partial charge is 0.261 e. The average molecular weight is 304 g/mol. The van der Waals surface area contributed by atoms with Crippen molar-refractivity contribution in [3.63, 3.8) is 0 Å². The van der Waals surface area contributed by atoms with E-state index in [0.29, 0.717) is 10.8 Å². The Morgan fingerprint density at radius 1 is 1.37 bits per heavy atom. The fraction of sp³-hybridized carbons (Fsp3) is 0.333. The summed E-state index contributed by atoms with van der Waals surface area (Å²) in [6, 6.07) is 4.19. The van der Waals surface area contributed by atoms with Gasteiger partial charge in [0.15, 0.2) is 5.82 Å². The number of benzene rings is 1. The van der Waals surface area contributed by atoms with E-state index >= 15 is 0 Å². The molecule has 3 rings (SSSR count). The van der Waals surface area contributed by atoms with Gasteiger partial charge in [-0.3, -0.25) is 0 Å². The van der Waals surface area contributed by atoms with Gasteiger partial charge in [0.05, 0.1) is 11.1 Å². The molecule has 0 saturated heterocycles. The maximum atomic E-state index is 13.6. The van der Waals surface area contributed by atoms with Crippen molar-refractivity contribution >= 4 is 24.0 Å². The third-order valence-corrected chi connectivity index (χ3v) is 3.51. The fourth-order valence-electron chi connectivity index (χ4n) is 1.98. The van der Waals surface area contributed by atoms with Gasteiger partial charge in [-0.05, 0) is 37.5 Å². The molecule has 1 aliphatic rings. The van der Waals surface area contributed by atoms with Crippen LogP contribution in [-0.4, -0.2) is 10.1 Å². The number of halogens is 3. The molecule has 0 radical (unpaired) electrons. The number of hydrogen-bond donors (Lipinski definition) is 1. The number of hydrogen-bond acceptors (Lipinski definition) is 4. The van der Waals surface area contributed by atoms with Gasteiger partial charge in [-0.25, -0.2) is 4.39 Å². The van der Waals surface area contributed by atoms with Gasteiger partial charge in [0.1, 0.15) is 5.82 Å². The molecule has 1 saturated carbocycles. The molecular formula is C12H12Cl2FN3O. The van der Waals surface area contributed by atoms with Crippen molar-refractivity contribution in [3.8, 4) is 11.5 Å². The van der Waals surface area contributed by atoms with Crippen LogP contribution in [0.3, 0.4) is 0 Å². The average Bonchev–Trinajstić information content (AvgIpc) is 2.79. The molecule has 1 aromatic carbocycles. The summed E-state index contributed by atoms with van der Waals surface area (Å²) in [5, 5.41) is 4.25. The van der Waals surface area contributed by atoms with E-state index in [2.05, 4.69) is 10.1 Å². The predicted molar refractivity (Wildman–Crippen MR) is 71.7 cm³/mol. The molecule has 0 aliphatic heterocycles. The molecule has 102 valence electrons. The predicted octanol–water partition coefficient (Wildman–Crippen LogP) is 3.29. The molecule has 0 atom stereocenters. The lowest BCUT2D eigenvalue weighted by Crippen LogP contribution is -2.44. The van der Waals surface area contributed by atoms with Crippen LogP contribution >= 0.6 is 24.0 Å². The summed E-state index contributed by atoms with van der Waals surface area (Å²) >= 11 is 5.82. The summed E-state index contributed by atoms with van der Waals surface area (Å²) in [6.07, 6.45) is 2.69. The van der Waals surface area contributed by atoms with E-state index in [4.69, 9.17) is 21.9 Å². The van der Waals surface area contributed by atoms with Crippen molar-refractivity contribution in [2.75, 3.05) is 0 Å². The summed E-state index contributed by atoms with van der Waals surface area (Å²) < 4.78 is 18.7. The van der Waals surface area contributed by atoms with Crippen molar-refractivity contribution in [2.45, 2.75) is 24.8 Å². The van der Waals surface area contributed by atoms with Crippen LogP contribution in [-0.2, 0) is 5.54 Å². The first-order chi connectivity index (χ1) is 8.58. The van der Waals surface area contributed by atoms with E-state index in [-0.39, 0.29) is 23.9 Å². The molecule has 1 heterocycles. The van der Waals surface area contributed by atoms with Crippen LogP contribution in [0.1, 0.15) is 25.1 Å².